The molecule has 1 unspecified atom stereocenters. The third kappa shape index (κ3) is 2.62. The van der Waals surface area contributed by atoms with Crippen LogP contribution in [0.5, 0.6) is 0 Å². The quantitative estimate of drug-likeness (QED) is 0.592. The maximum Gasteiger partial charge on any atom is 0.333 e. The van der Waals surface area contributed by atoms with Crippen LogP contribution in [0.1, 0.15) is 25.3 Å². The zero-order valence-corrected chi connectivity index (χ0v) is 10.6. The van der Waals surface area contributed by atoms with Gasteiger partial charge in [0.25, 0.3) is 0 Å². The molecule has 0 aromatic heterocycles. The summed E-state index contributed by atoms with van der Waals surface area (Å²) in [5, 5.41) is 0. The van der Waals surface area contributed by atoms with E-state index in [0.717, 1.165) is 18.6 Å². The Morgan fingerprint density at radius 1 is 1.44 bits per heavy atom. The molecule has 0 radical (unpaired) electrons. The van der Waals surface area contributed by atoms with Crippen molar-refractivity contribution in [3.05, 3.63) is 48.0 Å². The molecule has 1 fully saturated rings. The number of carbonyl (C=O) groups excluding carboxylic acids is 1. The molecule has 0 spiro atoms. The molecule has 0 aliphatic carbocycles. The summed E-state index contributed by atoms with van der Waals surface area (Å²) in [5.41, 5.74) is 1.32. The van der Waals surface area contributed by atoms with Crippen LogP contribution in [0.3, 0.4) is 0 Å². The molecule has 2 rings (SSSR count). The van der Waals surface area contributed by atoms with E-state index in [4.69, 9.17) is 9.47 Å². The number of ether oxygens (including phenoxy) is 2. The Labute approximate surface area is 107 Å². The fraction of sp³-hybridized carbons (Fsp3) is 0.400. The topological polar surface area (TPSA) is 35.5 Å². The lowest BCUT2D eigenvalue weighted by atomic mass is 9.84. The van der Waals surface area contributed by atoms with Gasteiger partial charge in [-0.3, -0.25) is 0 Å². The zero-order chi connectivity index (χ0) is 13.0. The minimum Gasteiger partial charge on any atom is -0.462 e. The van der Waals surface area contributed by atoms with Crippen molar-refractivity contribution in [2.75, 3.05) is 13.2 Å². The Bertz CT molecular complexity index is 432. The Hall–Kier alpha value is -1.61. The van der Waals surface area contributed by atoms with Gasteiger partial charge in [0.1, 0.15) is 0 Å². The molecule has 0 N–H and O–H groups in total. The van der Waals surface area contributed by atoms with Crippen molar-refractivity contribution >= 4 is 5.97 Å². The monoisotopic (exact) mass is 246 g/mol. The minimum absolute atomic E-state index is 0.267. The summed E-state index contributed by atoms with van der Waals surface area (Å²) in [6, 6.07) is 10.1. The Kier molecular flexibility index (Phi) is 3.82. The van der Waals surface area contributed by atoms with Gasteiger partial charge in [-0.05, 0) is 12.5 Å². The molecule has 1 aliphatic rings. The van der Waals surface area contributed by atoms with Gasteiger partial charge in [0, 0.05) is 18.4 Å². The second-order valence-corrected chi connectivity index (χ2v) is 4.63. The number of esters is 1. The van der Waals surface area contributed by atoms with Crippen molar-refractivity contribution < 1.29 is 14.3 Å². The van der Waals surface area contributed by atoms with E-state index < -0.39 is 0 Å². The molecular weight excluding hydrogens is 228 g/mol. The third-order valence-electron chi connectivity index (χ3n) is 3.27. The van der Waals surface area contributed by atoms with E-state index >= 15 is 0 Å². The molecule has 0 amide bonds. The molecule has 1 heterocycles. The lowest BCUT2D eigenvalue weighted by Gasteiger charge is -2.42. The van der Waals surface area contributed by atoms with Gasteiger partial charge >= 0.3 is 5.97 Å². The van der Waals surface area contributed by atoms with Gasteiger partial charge in [0.05, 0.1) is 18.8 Å². The van der Waals surface area contributed by atoms with Gasteiger partial charge in [-0.2, -0.15) is 0 Å². The van der Waals surface area contributed by atoms with Gasteiger partial charge < -0.3 is 9.47 Å². The number of hydrogen-bond acceptors (Lipinski definition) is 3. The molecule has 1 saturated heterocycles. The van der Waals surface area contributed by atoms with E-state index in [-0.39, 0.29) is 11.6 Å². The highest BCUT2D eigenvalue weighted by Crippen LogP contribution is 2.40. The molecule has 3 nitrogen and oxygen atoms in total. The van der Waals surface area contributed by atoms with Crippen LogP contribution in [-0.2, 0) is 19.9 Å². The van der Waals surface area contributed by atoms with Crippen molar-refractivity contribution in [2.45, 2.75) is 25.4 Å². The fourth-order valence-corrected chi connectivity index (χ4v) is 2.09. The number of carbonyl (C=O) groups is 1. The smallest absolute Gasteiger partial charge is 0.333 e. The number of benzene rings is 1. The molecule has 0 bridgehead atoms. The molecule has 1 aromatic carbocycles. The van der Waals surface area contributed by atoms with Crippen molar-refractivity contribution in [3.63, 3.8) is 0 Å². The first kappa shape index (κ1) is 12.8. The Morgan fingerprint density at radius 2 is 2.11 bits per heavy atom. The molecule has 1 atom stereocenters. The maximum absolute atomic E-state index is 11.3. The van der Waals surface area contributed by atoms with E-state index in [0.29, 0.717) is 18.6 Å². The highest BCUT2D eigenvalue weighted by atomic mass is 16.5. The molecular formula is C15H18O3. The van der Waals surface area contributed by atoms with Crippen molar-refractivity contribution in [1.29, 1.82) is 0 Å². The van der Waals surface area contributed by atoms with E-state index in [1.807, 2.05) is 18.2 Å². The number of rotatable bonds is 5. The van der Waals surface area contributed by atoms with E-state index in [1.165, 1.54) is 0 Å². The van der Waals surface area contributed by atoms with Gasteiger partial charge in [-0.1, -0.05) is 36.9 Å². The summed E-state index contributed by atoms with van der Waals surface area (Å²) in [4.78, 5) is 11.3. The van der Waals surface area contributed by atoms with E-state index in [2.05, 4.69) is 18.7 Å². The average molecular weight is 246 g/mol. The zero-order valence-electron chi connectivity index (χ0n) is 10.6. The standard InChI is InChI=1S/C15H18O3/c1-12(2)14(16)17-10-8-15(9-11-18-15)13-6-4-3-5-7-13/h3-7H,1,8-11H2,2H3. The molecule has 18 heavy (non-hydrogen) atoms. The Morgan fingerprint density at radius 3 is 2.61 bits per heavy atom. The summed E-state index contributed by atoms with van der Waals surface area (Å²) in [6.07, 6.45) is 1.66. The fourth-order valence-electron chi connectivity index (χ4n) is 2.09. The second kappa shape index (κ2) is 5.36. The van der Waals surface area contributed by atoms with Crippen LogP contribution in [0.25, 0.3) is 0 Å². The highest BCUT2D eigenvalue weighted by molar-refractivity contribution is 5.86. The van der Waals surface area contributed by atoms with E-state index in [1.54, 1.807) is 6.92 Å². The maximum atomic E-state index is 11.3. The van der Waals surface area contributed by atoms with Crippen LogP contribution in [0, 0.1) is 0 Å². The van der Waals surface area contributed by atoms with Crippen LogP contribution in [0.15, 0.2) is 42.5 Å². The van der Waals surface area contributed by atoms with Crippen molar-refractivity contribution in [2.24, 2.45) is 0 Å². The SMILES string of the molecule is C=C(C)C(=O)OCCC1(c2ccccc2)CCO1. The van der Waals surface area contributed by atoms with Gasteiger partial charge in [-0.15, -0.1) is 0 Å². The molecule has 96 valence electrons. The van der Waals surface area contributed by atoms with Crippen LogP contribution < -0.4 is 0 Å². The average Bonchev–Trinajstić information content (AvgIpc) is 2.33. The van der Waals surface area contributed by atoms with Crippen molar-refractivity contribution in [3.8, 4) is 0 Å². The van der Waals surface area contributed by atoms with Gasteiger partial charge in [0.15, 0.2) is 0 Å². The van der Waals surface area contributed by atoms with Crippen LogP contribution in [-0.4, -0.2) is 19.2 Å². The predicted octanol–water partition coefficient (Wildman–Crippen LogP) is 2.81. The largest absolute Gasteiger partial charge is 0.462 e. The van der Waals surface area contributed by atoms with E-state index in [9.17, 15) is 4.79 Å². The summed E-state index contributed by atoms with van der Waals surface area (Å²) in [7, 11) is 0. The summed E-state index contributed by atoms with van der Waals surface area (Å²) in [6.45, 7) is 6.33. The first-order valence-electron chi connectivity index (χ1n) is 6.16. The summed E-state index contributed by atoms with van der Waals surface area (Å²) >= 11 is 0. The molecule has 3 heteroatoms. The highest BCUT2D eigenvalue weighted by Gasteiger charge is 2.39. The van der Waals surface area contributed by atoms with Crippen LogP contribution >= 0.6 is 0 Å². The normalized spacial score (nSPS) is 22.1. The first-order chi connectivity index (χ1) is 8.64. The lowest BCUT2D eigenvalue weighted by Crippen LogP contribution is -2.42. The third-order valence-corrected chi connectivity index (χ3v) is 3.27. The van der Waals surface area contributed by atoms with Crippen LogP contribution in [0.2, 0.25) is 0 Å². The molecule has 0 saturated carbocycles. The molecule has 1 aromatic rings. The molecule has 1 aliphatic heterocycles. The van der Waals surface area contributed by atoms with Gasteiger partial charge in [-0.25, -0.2) is 4.79 Å². The number of hydrogen-bond donors (Lipinski definition) is 0. The minimum atomic E-state index is -0.336. The Balaban J connectivity index is 1.94. The van der Waals surface area contributed by atoms with Gasteiger partial charge in [0.2, 0.25) is 0 Å². The first-order valence-corrected chi connectivity index (χ1v) is 6.16. The second-order valence-electron chi connectivity index (χ2n) is 4.63. The van der Waals surface area contributed by atoms with Crippen molar-refractivity contribution in [1.82, 2.24) is 0 Å². The van der Waals surface area contributed by atoms with Crippen LogP contribution in [0.4, 0.5) is 0 Å². The predicted molar refractivity (Wildman–Crippen MR) is 69.1 cm³/mol. The summed E-state index contributed by atoms with van der Waals surface area (Å²) in [5.74, 6) is -0.336. The lowest BCUT2D eigenvalue weighted by molar-refractivity contribution is -0.169. The summed E-state index contributed by atoms with van der Waals surface area (Å²) < 4.78 is 10.9.